The quantitative estimate of drug-likeness (QED) is 0.737. The molecule has 0 N–H and O–H groups in total. The fraction of sp³-hybridized carbons (Fsp3) is 0.583. The zero-order valence-electron chi connectivity index (χ0n) is 9.80. The van der Waals surface area contributed by atoms with Crippen LogP contribution in [0.3, 0.4) is 0 Å². The van der Waals surface area contributed by atoms with E-state index in [4.69, 9.17) is 16.3 Å². The van der Waals surface area contributed by atoms with E-state index in [-0.39, 0.29) is 5.38 Å². The molecule has 15 heavy (non-hydrogen) atoms. The molecule has 0 saturated carbocycles. The van der Waals surface area contributed by atoms with Crippen molar-refractivity contribution < 1.29 is 4.74 Å². The standard InChI is InChI=1S/C12H18ClNO/c1-8-7-14-11(6-5-9(2)13)10(3)12(8)15-4/h7,9H,5-6H2,1-4H3. The summed E-state index contributed by atoms with van der Waals surface area (Å²) in [6.45, 7) is 6.06. The molecule has 0 aromatic carbocycles. The van der Waals surface area contributed by atoms with Gasteiger partial charge in [0, 0.05) is 28.4 Å². The van der Waals surface area contributed by atoms with E-state index in [2.05, 4.69) is 4.98 Å². The highest BCUT2D eigenvalue weighted by Crippen LogP contribution is 2.25. The summed E-state index contributed by atoms with van der Waals surface area (Å²) in [5.41, 5.74) is 3.30. The van der Waals surface area contributed by atoms with Crippen LogP contribution in [0, 0.1) is 13.8 Å². The maximum atomic E-state index is 5.93. The third-order valence-electron chi connectivity index (χ3n) is 2.53. The van der Waals surface area contributed by atoms with Crippen molar-refractivity contribution in [3.63, 3.8) is 0 Å². The number of ether oxygens (including phenoxy) is 1. The van der Waals surface area contributed by atoms with Crippen molar-refractivity contribution in [3.05, 3.63) is 23.0 Å². The zero-order chi connectivity index (χ0) is 11.4. The fourth-order valence-corrected chi connectivity index (χ4v) is 1.77. The molecule has 1 atom stereocenters. The molecule has 0 aliphatic heterocycles. The van der Waals surface area contributed by atoms with Gasteiger partial charge in [-0.15, -0.1) is 11.6 Å². The van der Waals surface area contributed by atoms with Gasteiger partial charge in [-0.1, -0.05) is 0 Å². The summed E-state index contributed by atoms with van der Waals surface area (Å²) in [6.07, 6.45) is 3.72. The first-order valence-corrected chi connectivity index (χ1v) is 5.63. The Bertz CT molecular complexity index is 337. The number of rotatable bonds is 4. The molecule has 1 aromatic heterocycles. The van der Waals surface area contributed by atoms with Crippen molar-refractivity contribution in [1.29, 1.82) is 0 Å². The average Bonchev–Trinajstić information content (AvgIpc) is 2.17. The number of methoxy groups -OCH3 is 1. The van der Waals surface area contributed by atoms with E-state index >= 15 is 0 Å². The van der Waals surface area contributed by atoms with Gasteiger partial charge in [-0.2, -0.15) is 0 Å². The van der Waals surface area contributed by atoms with Gasteiger partial charge in [-0.25, -0.2) is 0 Å². The molecule has 0 saturated heterocycles. The second kappa shape index (κ2) is 5.36. The van der Waals surface area contributed by atoms with Gasteiger partial charge >= 0.3 is 0 Å². The molecular formula is C12H18ClNO. The van der Waals surface area contributed by atoms with Crippen LogP contribution < -0.4 is 4.74 Å². The molecular weight excluding hydrogens is 210 g/mol. The van der Waals surface area contributed by atoms with Crippen LogP contribution in [-0.2, 0) is 6.42 Å². The summed E-state index contributed by atoms with van der Waals surface area (Å²) in [6, 6.07) is 0. The van der Waals surface area contributed by atoms with Gasteiger partial charge in [0.05, 0.1) is 7.11 Å². The Hall–Kier alpha value is -0.760. The van der Waals surface area contributed by atoms with Gasteiger partial charge in [0.1, 0.15) is 5.75 Å². The minimum absolute atomic E-state index is 0.193. The van der Waals surface area contributed by atoms with Crippen LogP contribution in [0.25, 0.3) is 0 Å². The van der Waals surface area contributed by atoms with E-state index in [0.717, 1.165) is 35.4 Å². The predicted molar refractivity (Wildman–Crippen MR) is 63.9 cm³/mol. The van der Waals surface area contributed by atoms with Crippen LogP contribution in [0.1, 0.15) is 30.2 Å². The van der Waals surface area contributed by atoms with Crippen LogP contribution in [0.2, 0.25) is 0 Å². The largest absolute Gasteiger partial charge is 0.496 e. The number of pyridine rings is 1. The Morgan fingerprint density at radius 2 is 2.13 bits per heavy atom. The van der Waals surface area contributed by atoms with Crippen LogP contribution >= 0.6 is 11.6 Å². The number of hydrogen-bond donors (Lipinski definition) is 0. The molecule has 84 valence electrons. The minimum Gasteiger partial charge on any atom is -0.496 e. The van der Waals surface area contributed by atoms with E-state index in [1.807, 2.05) is 27.0 Å². The van der Waals surface area contributed by atoms with Gasteiger partial charge in [0.25, 0.3) is 0 Å². The Morgan fingerprint density at radius 1 is 1.47 bits per heavy atom. The first kappa shape index (κ1) is 12.3. The van der Waals surface area contributed by atoms with Crippen molar-refractivity contribution in [2.45, 2.75) is 39.0 Å². The van der Waals surface area contributed by atoms with Crippen molar-refractivity contribution in [2.24, 2.45) is 0 Å². The van der Waals surface area contributed by atoms with Crippen LogP contribution in [0.4, 0.5) is 0 Å². The summed E-state index contributed by atoms with van der Waals surface area (Å²) >= 11 is 5.93. The van der Waals surface area contributed by atoms with E-state index in [0.29, 0.717) is 0 Å². The topological polar surface area (TPSA) is 22.1 Å². The zero-order valence-corrected chi connectivity index (χ0v) is 10.6. The normalized spacial score (nSPS) is 12.6. The summed E-state index contributed by atoms with van der Waals surface area (Å²) < 4.78 is 5.35. The smallest absolute Gasteiger partial charge is 0.128 e. The lowest BCUT2D eigenvalue weighted by Crippen LogP contribution is -2.02. The van der Waals surface area contributed by atoms with E-state index in [1.54, 1.807) is 7.11 Å². The number of alkyl halides is 1. The first-order valence-electron chi connectivity index (χ1n) is 5.19. The minimum atomic E-state index is 0.193. The predicted octanol–water partition coefficient (Wildman–Crippen LogP) is 3.27. The maximum absolute atomic E-state index is 5.93. The summed E-state index contributed by atoms with van der Waals surface area (Å²) in [5, 5.41) is 0.193. The summed E-state index contributed by atoms with van der Waals surface area (Å²) in [7, 11) is 1.70. The van der Waals surface area contributed by atoms with E-state index < -0.39 is 0 Å². The van der Waals surface area contributed by atoms with E-state index in [1.165, 1.54) is 0 Å². The van der Waals surface area contributed by atoms with Gasteiger partial charge in [-0.05, 0) is 33.6 Å². The van der Waals surface area contributed by atoms with Crippen LogP contribution in [-0.4, -0.2) is 17.5 Å². The number of aryl methyl sites for hydroxylation is 2. The van der Waals surface area contributed by atoms with Crippen LogP contribution in [0.15, 0.2) is 6.20 Å². The monoisotopic (exact) mass is 227 g/mol. The molecule has 3 heteroatoms. The molecule has 2 nitrogen and oxygen atoms in total. The van der Waals surface area contributed by atoms with Crippen molar-refractivity contribution in [3.8, 4) is 5.75 Å². The molecule has 0 spiro atoms. The lowest BCUT2D eigenvalue weighted by atomic mass is 10.1. The molecule has 0 fully saturated rings. The molecule has 1 aromatic rings. The molecule has 0 aliphatic carbocycles. The molecule has 0 radical (unpaired) electrons. The van der Waals surface area contributed by atoms with Gasteiger partial charge in [0.2, 0.25) is 0 Å². The highest BCUT2D eigenvalue weighted by atomic mass is 35.5. The van der Waals surface area contributed by atoms with E-state index in [9.17, 15) is 0 Å². The molecule has 1 heterocycles. The second-order valence-corrected chi connectivity index (χ2v) is 4.61. The average molecular weight is 228 g/mol. The highest BCUT2D eigenvalue weighted by molar-refractivity contribution is 6.20. The summed E-state index contributed by atoms with van der Waals surface area (Å²) in [4.78, 5) is 4.42. The van der Waals surface area contributed by atoms with Gasteiger partial charge < -0.3 is 4.74 Å². The van der Waals surface area contributed by atoms with Crippen LogP contribution in [0.5, 0.6) is 5.75 Å². The SMILES string of the molecule is COc1c(C)cnc(CCC(C)Cl)c1C. The number of halogens is 1. The van der Waals surface area contributed by atoms with Crippen molar-refractivity contribution >= 4 is 11.6 Å². The molecule has 0 aliphatic rings. The number of hydrogen-bond acceptors (Lipinski definition) is 2. The fourth-order valence-electron chi connectivity index (χ4n) is 1.66. The Labute approximate surface area is 96.6 Å². The first-order chi connectivity index (χ1) is 7.06. The summed E-state index contributed by atoms with van der Waals surface area (Å²) in [5.74, 6) is 0.947. The molecule has 1 unspecified atom stereocenters. The third-order valence-corrected chi connectivity index (χ3v) is 2.75. The third kappa shape index (κ3) is 3.10. The highest BCUT2D eigenvalue weighted by Gasteiger charge is 2.09. The Kier molecular flexibility index (Phi) is 4.40. The molecule has 1 rings (SSSR count). The lowest BCUT2D eigenvalue weighted by molar-refractivity contribution is 0.406. The Morgan fingerprint density at radius 3 is 2.67 bits per heavy atom. The van der Waals surface area contributed by atoms with Crippen molar-refractivity contribution in [1.82, 2.24) is 4.98 Å². The molecule has 0 amide bonds. The second-order valence-electron chi connectivity index (χ2n) is 3.87. The van der Waals surface area contributed by atoms with Crippen molar-refractivity contribution in [2.75, 3.05) is 7.11 Å². The number of nitrogens with zero attached hydrogens (tertiary/aromatic N) is 1. The molecule has 0 bridgehead atoms. The van der Waals surface area contributed by atoms with Gasteiger partial charge in [-0.3, -0.25) is 4.98 Å². The van der Waals surface area contributed by atoms with Gasteiger partial charge in [0.15, 0.2) is 0 Å². The number of aromatic nitrogens is 1. The lowest BCUT2D eigenvalue weighted by Gasteiger charge is -2.12. The maximum Gasteiger partial charge on any atom is 0.128 e. The Balaban J connectivity index is 2.90.